The molecular weight excluding hydrogens is 192 g/mol. The molecule has 0 heterocycles. The average Bonchev–Trinajstić information content (AvgIpc) is 2.28. The Labute approximate surface area is 90.0 Å². The van der Waals surface area contributed by atoms with Crippen molar-refractivity contribution in [3.63, 3.8) is 0 Å². The third kappa shape index (κ3) is 3.06. The molecule has 1 rings (SSSR count). The first-order valence-corrected chi connectivity index (χ1v) is 5.04. The lowest BCUT2D eigenvalue weighted by Gasteiger charge is -2.27. The zero-order valence-corrected chi connectivity index (χ0v) is 9.10. The fraction of sp³-hybridized carbons (Fsp3) is 0.417. The molecule has 0 fully saturated rings. The third-order valence-corrected chi connectivity index (χ3v) is 2.15. The van der Waals surface area contributed by atoms with Crippen molar-refractivity contribution in [2.24, 2.45) is 0 Å². The van der Waals surface area contributed by atoms with E-state index >= 15 is 0 Å². The zero-order valence-electron chi connectivity index (χ0n) is 9.10. The van der Waals surface area contributed by atoms with E-state index in [4.69, 9.17) is 9.47 Å². The number of carbonyl (C=O) groups is 1. The quantitative estimate of drug-likeness (QED) is 0.532. The molecule has 0 amide bonds. The van der Waals surface area contributed by atoms with Crippen LogP contribution in [0.2, 0.25) is 0 Å². The molecule has 0 aliphatic rings. The van der Waals surface area contributed by atoms with E-state index in [1.54, 1.807) is 6.92 Å². The summed E-state index contributed by atoms with van der Waals surface area (Å²) < 4.78 is 10.6. The minimum Gasteiger partial charge on any atom is -0.431 e. The maximum absolute atomic E-state index is 10.5. The summed E-state index contributed by atoms with van der Waals surface area (Å²) in [5, 5.41) is 0. The van der Waals surface area contributed by atoms with E-state index in [-0.39, 0.29) is 0 Å². The van der Waals surface area contributed by atoms with E-state index in [9.17, 15) is 4.79 Å². The van der Waals surface area contributed by atoms with Crippen LogP contribution in [0.3, 0.4) is 0 Å². The lowest BCUT2D eigenvalue weighted by molar-refractivity contribution is -0.219. The summed E-state index contributed by atoms with van der Waals surface area (Å²) in [6.07, 6.45) is 0.880. The average molecular weight is 208 g/mol. The summed E-state index contributed by atoms with van der Waals surface area (Å²) in [6.45, 7) is 4.72. The highest BCUT2D eigenvalue weighted by atomic mass is 16.7. The molecule has 0 aliphatic heterocycles. The lowest BCUT2D eigenvalue weighted by atomic mass is 10.1. The molecule has 3 nitrogen and oxygen atoms in total. The van der Waals surface area contributed by atoms with Crippen molar-refractivity contribution in [1.82, 2.24) is 0 Å². The first-order chi connectivity index (χ1) is 7.23. The molecule has 82 valence electrons. The van der Waals surface area contributed by atoms with E-state index < -0.39 is 5.79 Å². The predicted molar refractivity (Wildman–Crippen MR) is 57.2 cm³/mol. The van der Waals surface area contributed by atoms with Crippen LogP contribution in [-0.4, -0.2) is 13.1 Å². The van der Waals surface area contributed by atoms with E-state index in [1.165, 1.54) is 0 Å². The van der Waals surface area contributed by atoms with Crippen molar-refractivity contribution in [3.05, 3.63) is 35.9 Å². The van der Waals surface area contributed by atoms with Gasteiger partial charge in [0.15, 0.2) is 0 Å². The number of benzene rings is 1. The summed E-state index contributed by atoms with van der Waals surface area (Å²) in [5.74, 6) is -0.973. The van der Waals surface area contributed by atoms with Gasteiger partial charge in [0.05, 0.1) is 6.61 Å². The zero-order chi connectivity index (χ0) is 11.1. The van der Waals surface area contributed by atoms with Gasteiger partial charge in [-0.3, -0.25) is 4.79 Å². The Kier molecular flexibility index (Phi) is 4.31. The molecule has 1 aromatic carbocycles. The number of hydrogen-bond donors (Lipinski definition) is 0. The van der Waals surface area contributed by atoms with Crippen LogP contribution >= 0.6 is 0 Å². The molecular formula is C12H16O3. The molecule has 1 aromatic rings. The molecule has 1 atom stereocenters. The molecule has 0 saturated carbocycles. The Morgan fingerprint density at radius 1 is 1.33 bits per heavy atom. The smallest absolute Gasteiger partial charge is 0.295 e. The van der Waals surface area contributed by atoms with Crippen LogP contribution in [0.25, 0.3) is 0 Å². The van der Waals surface area contributed by atoms with Crippen molar-refractivity contribution in [3.8, 4) is 0 Å². The van der Waals surface area contributed by atoms with Gasteiger partial charge in [-0.25, -0.2) is 0 Å². The maximum Gasteiger partial charge on any atom is 0.295 e. The van der Waals surface area contributed by atoms with Crippen molar-refractivity contribution in [1.29, 1.82) is 0 Å². The van der Waals surface area contributed by atoms with Crippen LogP contribution in [0.5, 0.6) is 0 Å². The predicted octanol–water partition coefficient (Wildman–Crippen LogP) is 2.46. The van der Waals surface area contributed by atoms with Gasteiger partial charge in [-0.1, -0.05) is 37.3 Å². The Bertz CT molecular complexity index is 297. The minimum atomic E-state index is -0.973. The highest BCUT2D eigenvalue weighted by Crippen LogP contribution is 2.25. The van der Waals surface area contributed by atoms with Crippen molar-refractivity contribution < 1.29 is 14.3 Å². The van der Waals surface area contributed by atoms with Crippen molar-refractivity contribution >= 4 is 6.47 Å². The van der Waals surface area contributed by atoms with Gasteiger partial charge in [0.1, 0.15) is 0 Å². The van der Waals surface area contributed by atoms with Crippen LogP contribution in [0.15, 0.2) is 30.3 Å². The van der Waals surface area contributed by atoms with Crippen LogP contribution in [0.4, 0.5) is 0 Å². The van der Waals surface area contributed by atoms with Crippen LogP contribution in [0.1, 0.15) is 25.8 Å². The van der Waals surface area contributed by atoms with Gasteiger partial charge >= 0.3 is 0 Å². The summed E-state index contributed by atoms with van der Waals surface area (Å²) in [4.78, 5) is 10.5. The number of ether oxygens (including phenoxy) is 2. The van der Waals surface area contributed by atoms with Gasteiger partial charge in [-0.2, -0.15) is 0 Å². The molecule has 0 aliphatic carbocycles. The summed E-state index contributed by atoms with van der Waals surface area (Å²) in [6, 6.07) is 9.43. The fourth-order valence-corrected chi connectivity index (χ4v) is 1.31. The second kappa shape index (κ2) is 5.51. The first-order valence-electron chi connectivity index (χ1n) is 5.04. The molecule has 0 aromatic heterocycles. The Morgan fingerprint density at radius 3 is 2.53 bits per heavy atom. The van der Waals surface area contributed by atoms with Crippen molar-refractivity contribution in [2.45, 2.75) is 26.1 Å². The molecule has 0 saturated heterocycles. The molecule has 0 spiro atoms. The number of rotatable bonds is 6. The number of hydrogen-bond acceptors (Lipinski definition) is 3. The van der Waals surface area contributed by atoms with Gasteiger partial charge in [0.25, 0.3) is 6.47 Å². The normalized spacial score (nSPS) is 14.3. The topological polar surface area (TPSA) is 35.5 Å². The molecule has 15 heavy (non-hydrogen) atoms. The first kappa shape index (κ1) is 11.7. The Morgan fingerprint density at radius 2 is 2.00 bits per heavy atom. The van der Waals surface area contributed by atoms with E-state index in [0.717, 1.165) is 12.0 Å². The molecule has 3 heteroatoms. The lowest BCUT2D eigenvalue weighted by Crippen LogP contribution is -2.29. The van der Waals surface area contributed by atoms with Gasteiger partial charge in [-0.15, -0.1) is 0 Å². The monoisotopic (exact) mass is 208 g/mol. The highest BCUT2D eigenvalue weighted by molar-refractivity contribution is 5.39. The van der Waals surface area contributed by atoms with Crippen LogP contribution < -0.4 is 0 Å². The second-order valence-electron chi connectivity index (χ2n) is 3.37. The summed E-state index contributed by atoms with van der Waals surface area (Å²) in [5.41, 5.74) is 0.838. The van der Waals surface area contributed by atoms with Crippen LogP contribution in [0, 0.1) is 0 Å². The van der Waals surface area contributed by atoms with Gasteiger partial charge in [0, 0.05) is 12.5 Å². The SMILES string of the molecule is CCCOC(C)(OC=O)c1ccccc1. The third-order valence-electron chi connectivity index (χ3n) is 2.15. The van der Waals surface area contributed by atoms with Gasteiger partial charge < -0.3 is 9.47 Å². The number of carbonyl (C=O) groups excluding carboxylic acids is 1. The molecule has 1 unspecified atom stereocenters. The van der Waals surface area contributed by atoms with E-state index in [0.29, 0.717) is 13.1 Å². The van der Waals surface area contributed by atoms with E-state index in [1.807, 2.05) is 37.3 Å². The van der Waals surface area contributed by atoms with Gasteiger partial charge in [0.2, 0.25) is 5.79 Å². The standard InChI is InChI=1S/C12H16O3/c1-3-9-14-12(2,15-10-13)11-7-5-4-6-8-11/h4-8,10H,3,9H2,1-2H3. The fourth-order valence-electron chi connectivity index (χ4n) is 1.31. The van der Waals surface area contributed by atoms with Gasteiger partial charge in [-0.05, 0) is 6.42 Å². The van der Waals surface area contributed by atoms with Crippen LogP contribution in [-0.2, 0) is 20.1 Å². The Balaban J connectivity index is 2.85. The largest absolute Gasteiger partial charge is 0.431 e. The highest BCUT2D eigenvalue weighted by Gasteiger charge is 2.28. The summed E-state index contributed by atoms with van der Waals surface area (Å²) in [7, 11) is 0. The Hall–Kier alpha value is -1.35. The van der Waals surface area contributed by atoms with E-state index in [2.05, 4.69) is 0 Å². The summed E-state index contributed by atoms with van der Waals surface area (Å²) >= 11 is 0. The van der Waals surface area contributed by atoms with Crippen molar-refractivity contribution in [2.75, 3.05) is 6.61 Å². The maximum atomic E-state index is 10.5. The molecule has 0 radical (unpaired) electrons. The second-order valence-corrected chi connectivity index (χ2v) is 3.37. The molecule has 0 N–H and O–H groups in total. The molecule has 0 bridgehead atoms. The minimum absolute atomic E-state index is 0.419.